The second-order valence-electron chi connectivity index (χ2n) is 8.15. The van der Waals surface area contributed by atoms with Crippen LogP contribution in [0, 0.1) is 12.8 Å². The number of Topliss-reactive ketones (excluding diaryl/α,β-unsaturated/α-hetero) is 1. The first-order chi connectivity index (χ1) is 15.8. The SMILES string of the molecule is COc1cc(OC)c2c(c1Cl)O[C@@]1(C(=O)C=C(Nc3ccc4oc(C)nc4c3)C[C@H]1C)C2=O. The van der Waals surface area contributed by atoms with Gasteiger partial charge in [0.2, 0.25) is 17.2 Å². The molecule has 0 bridgehead atoms. The van der Waals surface area contributed by atoms with Crippen molar-refractivity contribution in [2.75, 3.05) is 19.5 Å². The highest BCUT2D eigenvalue weighted by Crippen LogP contribution is 2.53. The Morgan fingerprint density at radius 3 is 2.64 bits per heavy atom. The third kappa shape index (κ3) is 3.08. The van der Waals surface area contributed by atoms with Gasteiger partial charge in [-0.15, -0.1) is 0 Å². The fourth-order valence-electron chi connectivity index (χ4n) is 4.52. The molecule has 0 unspecified atom stereocenters. The van der Waals surface area contributed by atoms with Gasteiger partial charge in [0, 0.05) is 36.4 Å². The number of halogens is 1. The van der Waals surface area contributed by atoms with E-state index in [1.807, 2.05) is 18.2 Å². The van der Waals surface area contributed by atoms with Gasteiger partial charge >= 0.3 is 0 Å². The quantitative estimate of drug-likeness (QED) is 0.549. The molecule has 1 spiro atoms. The molecule has 2 heterocycles. The van der Waals surface area contributed by atoms with Gasteiger partial charge in [0.05, 0.1) is 14.2 Å². The number of allylic oxidation sites excluding steroid dienone is 1. The number of hydrogen-bond donors (Lipinski definition) is 1. The Morgan fingerprint density at radius 1 is 1.18 bits per heavy atom. The van der Waals surface area contributed by atoms with Crippen molar-refractivity contribution in [2.45, 2.75) is 25.9 Å². The summed E-state index contributed by atoms with van der Waals surface area (Å²) in [5, 5.41) is 3.39. The van der Waals surface area contributed by atoms with E-state index < -0.39 is 23.1 Å². The van der Waals surface area contributed by atoms with Gasteiger partial charge < -0.3 is 23.9 Å². The molecule has 3 aromatic rings. The Labute approximate surface area is 194 Å². The summed E-state index contributed by atoms with van der Waals surface area (Å²) in [7, 11) is 2.88. The van der Waals surface area contributed by atoms with Gasteiger partial charge in [-0.3, -0.25) is 9.59 Å². The summed E-state index contributed by atoms with van der Waals surface area (Å²) < 4.78 is 22.2. The summed E-state index contributed by atoms with van der Waals surface area (Å²) in [6.07, 6.45) is 1.82. The number of carbonyl (C=O) groups excluding carboxylic acids is 2. The molecule has 9 heteroatoms. The fourth-order valence-corrected chi connectivity index (χ4v) is 4.79. The van der Waals surface area contributed by atoms with Crippen molar-refractivity contribution in [1.29, 1.82) is 0 Å². The zero-order chi connectivity index (χ0) is 23.5. The summed E-state index contributed by atoms with van der Waals surface area (Å²) in [5.74, 6) is -0.169. The molecule has 0 fully saturated rings. The maximum atomic E-state index is 13.5. The molecule has 0 radical (unpaired) electrons. The van der Waals surface area contributed by atoms with E-state index in [2.05, 4.69) is 10.3 Å². The van der Waals surface area contributed by atoms with Crippen molar-refractivity contribution < 1.29 is 28.2 Å². The maximum Gasteiger partial charge on any atom is 0.236 e. The fraction of sp³-hybridized carbons (Fsp3) is 0.292. The number of methoxy groups -OCH3 is 2. The van der Waals surface area contributed by atoms with E-state index in [4.69, 9.17) is 30.2 Å². The van der Waals surface area contributed by atoms with Crippen LogP contribution in [0.25, 0.3) is 11.1 Å². The van der Waals surface area contributed by atoms with Crippen molar-refractivity contribution in [2.24, 2.45) is 5.92 Å². The van der Waals surface area contributed by atoms with Crippen LogP contribution < -0.4 is 19.5 Å². The topological polar surface area (TPSA) is 99.9 Å². The van der Waals surface area contributed by atoms with Gasteiger partial charge in [0.25, 0.3) is 0 Å². The van der Waals surface area contributed by atoms with Crippen LogP contribution in [0.15, 0.2) is 40.5 Å². The Balaban J connectivity index is 1.49. The molecule has 2 atom stereocenters. The van der Waals surface area contributed by atoms with E-state index in [1.54, 1.807) is 13.8 Å². The molecule has 0 saturated heterocycles. The summed E-state index contributed by atoms with van der Waals surface area (Å²) >= 11 is 6.42. The number of oxazole rings is 1. The standard InChI is InChI=1S/C24H21ClN2O6/c1-11-7-14(27-13-5-6-16-15(8-13)26-12(2)32-16)9-19(28)24(11)23(29)20-17(30-3)10-18(31-4)21(25)22(20)33-24/h5-6,8-11,27H,7H2,1-4H3/t11-,24+/m1/s1. The van der Waals surface area contributed by atoms with Crippen LogP contribution in [0.2, 0.25) is 5.02 Å². The third-order valence-corrected chi connectivity index (χ3v) is 6.47. The van der Waals surface area contributed by atoms with Crippen LogP contribution >= 0.6 is 11.6 Å². The monoisotopic (exact) mass is 468 g/mol. The molecular weight excluding hydrogens is 448 g/mol. The molecule has 170 valence electrons. The third-order valence-electron chi connectivity index (χ3n) is 6.11. The van der Waals surface area contributed by atoms with Gasteiger partial charge in [0.15, 0.2) is 17.2 Å². The van der Waals surface area contributed by atoms with Crippen LogP contribution in [0.4, 0.5) is 5.69 Å². The first kappa shape index (κ1) is 21.3. The number of benzene rings is 2. The van der Waals surface area contributed by atoms with Crippen LogP contribution in [0.3, 0.4) is 0 Å². The first-order valence-corrected chi connectivity index (χ1v) is 10.7. The Hall–Kier alpha value is -3.52. The lowest BCUT2D eigenvalue weighted by atomic mass is 9.74. The van der Waals surface area contributed by atoms with Crippen molar-refractivity contribution in [1.82, 2.24) is 4.98 Å². The molecule has 2 aliphatic rings. The minimum absolute atomic E-state index is 0.106. The number of anilines is 1. The number of fused-ring (bicyclic) bond motifs is 2. The van der Waals surface area contributed by atoms with Gasteiger partial charge in [-0.2, -0.15) is 0 Å². The summed E-state index contributed by atoms with van der Waals surface area (Å²) in [6.45, 7) is 3.59. The van der Waals surface area contributed by atoms with E-state index in [1.165, 1.54) is 26.4 Å². The maximum absolute atomic E-state index is 13.5. The van der Waals surface area contributed by atoms with Crippen molar-refractivity contribution >= 4 is 40.0 Å². The summed E-state index contributed by atoms with van der Waals surface area (Å²) in [6, 6.07) is 7.02. The van der Waals surface area contributed by atoms with Crippen LogP contribution in [-0.4, -0.2) is 36.4 Å². The van der Waals surface area contributed by atoms with Gasteiger partial charge in [-0.05, 0) is 24.6 Å². The molecule has 0 amide bonds. The van der Waals surface area contributed by atoms with E-state index >= 15 is 0 Å². The van der Waals surface area contributed by atoms with E-state index in [9.17, 15) is 9.59 Å². The van der Waals surface area contributed by atoms with Crippen molar-refractivity contribution in [3.8, 4) is 17.2 Å². The minimum Gasteiger partial charge on any atom is -0.496 e. The van der Waals surface area contributed by atoms with Gasteiger partial charge in [-0.25, -0.2) is 4.98 Å². The van der Waals surface area contributed by atoms with Gasteiger partial charge in [-0.1, -0.05) is 18.5 Å². The number of carbonyl (C=O) groups is 2. The zero-order valence-corrected chi connectivity index (χ0v) is 19.2. The second-order valence-corrected chi connectivity index (χ2v) is 8.52. The number of nitrogens with one attached hydrogen (secondary N) is 1. The molecule has 1 N–H and O–H groups in total. The Morgan fingerprint density at radius 2 is 1.94 bits per heavy atom. The van der Waals surface area contributed by atoms with E-state index in [-0.39, 0.29) is 22.1 Å². The highest BCUT2D eigenvalue weighted by molar-refractivity contribution is 6.36. The first-order valence-electron chi connectivity index (χ1n) is 10.4. The lowest BCUT2D eigenvalue weighted by molar-refractivity contribution is -0.129. The van der Waals surface area contributed by atoms with E-state index in [0.29, 0.717) is 34.9 Å². The molecule has 8 nitrogen and oxygen atoms in total. The van der Waals surface area contributed by atoms with Crippen LogP contribution in [0.1, 0.15) is 29.6 Å². The number of aromatic nitrogens is 1. The average Bonchev–Trinajstić information content (AvgIpc) is 3.30. The van der Waals surface area contributed by atoms with Crippen LogP contribution in [-0.2, 0) is 4.79 Å². The largest absolute Gasteiger partial charge is 0.496 e. The number of nitrogens with zero attached hydrogens (tertiary/aromatic N) is 1. The Bertz CT molecular complexity index is 1360. The number of ether oxygens (including phenoxy) is 3. The summed E-state index contributed by atoms with van der Waals surface area (Å²) in [4.78, 5) is 31.3. The highest BCUT2D eigenvalue weighted by Gasteiger charge is 2.60. The molecule has 0 saturated carbocycles. The second kappa shape index (κ2) is 7.52. The Kier molecular flexibility index (Phi) is 4.86. The lowest BCUT2D eigenvalue weighted by Gasteiger charge is -2.35. The van der Waals surface area contributed by atoms with Crippen LogP contribution in [0.5, 0.6) is 17.2 Å². The molecular formula is C24H21ClN2O6. The molecule has 5 rings (SSSR count). The predicted octanol–water partition coefficient (Wildman–Crippen LogP) is 4.73. The van der Waals surface area contributed by atoms with Gasteiger partial charge in [0.1, 0.15) is 27.6 Å². The number of hydrogen-bond acceptors (Lipinski definition) is 8. The highest BCUT2D eigenvalue weighted by atomic mass is 35.5. The number of aryl methyl sites for hydroxylation is 1. The van der Waals surface area contributed by atoms with Crippen molar-refractivity contribution in [3.05, 3.63) is 52.5 Å². The lowest BCUT2D eigenvalue weighted by Crippen LogP contribution is -2.55. The number of ketones is 2. The smallest absolute Gasteiger partial charge is 0.236 e. The normalized spacial score (nSPS) is 21.7. The van der Waals surface area contributed by atoms with Crippen molar-refractivity contribution in [3.63, 3.8) is 0 Å². The predicted molar refractivity (Wildman–Crippen MR) is 121 cm³/mol. The average molecular weight is 469 g/mol. The number of rotatable bonds is 4. The molecule has 2 aromatic carbocycles. The zero-order valence-electron chi connectivity index (χ0n) is 18.4. The molecule has 1 aliphatic heterocycles. The molecule has 1 aliphatic carbocycles. The molecule has 33 heavy (non-hydrogen) atoms. The summed E-state index contributed by atoms with van der Waals surface area (Å²) in [5.41, 5.74) is 1.27. The minimum atomic E-state index is -1.70. The van der Waals surface area contributed by atoms with E-state index in [0.717, 1.165) is 5.69 Å². The molecule has 1 aromatic heterocycles.